The summed E-state index contributed by atoms with van der Waals surface area (Å²) in [6, 6.07) is 27.8. The number of ketones is 1. The molecule has 14 nitrogen and oxygen atoms in total. The maximum atomic E-state index is 13.9. The number of carbonyl (C=O) groups is 1. The summed E-state index contributed by atoms with van der Waals surface area (Å²) in [4.78, 5) is 42.4. The van der Waals surface area contributed by atoms with Crippen LogP contribution >= 0.6 is 0 Å². The largest absolute Gasteiger partial charge is 0.373 e. The van der Waals surface area contributed by atoms with Crippen LogP contribution in [-0.2, 0) is 40.6 Å². The quantitative estimate of drug-likeness (QED) is 0.140. The van der Waals surface area contributed by atoms with E-state index in [1.807, 2.05) is 24.3 Å². The number of benzene rings is 2. The molecule has 4 aromatic heterocycles. The molecule has 10 rings (SSSR count). The first-order chi connectivity index (χ1) is 30.7. The standard InChI is InChI=1S/C24H26FN5O2.C23H25FN4O3/c25-22-6-2-1-5-18(22)16-32-21-11-19-8-9-20(12-21)29(19)14-17(13-26)15-30-24(31)28-10-4-3-7-23(28)27-30;24-21-6-2-1-5-16(21)15-31-20-11-17-8-9-18(12-20)27(17)13-19(29)14-28-23(30)26-10-4-3-7-22(26)25-28/h1-7,10,17,19-21H,8-9,11-12,14-16H2;1-7,10,17-18,20H,8-9,11-15H2. The van der Waals surface area contributed by atoms with Crippen molar-refractivity contribution in [2.75, 3.05) is 13.1 Å². The highest BCUT2D eigenvalue weighted by Gasteiger charge is 2.43. The van der Waals surface area contributed by atoms with Gasteiger partial charge in [-0.25, -0.2) is 27.7 Å². The molecular formula is C47H51F2N9O5. The zero-order chi connectivity index (χ0) is 43.5. The number of rotatable bonds is 14. The molecule has 4 aliphatic rings. The first kappa shape index (κ1) is 42.4. The van der Waals surface area contributed by atoms with E-state index in [0.717, 1.165) is 51.4 Å². The monoisotopic (exact) mass is 859 g/mol. The molecule has 4 bridgehead atoms. The van der Waals surface area contributed by atoms with Gasteiger partial charge in [0.2, 0.25) is 0 Å². The van der Waals surface area contributed by atoms with Gasteiger partial charge in [-0.15, -0.1) is 10.2 Å². The van der Waals surface area contributed by atoms with Gasteiger partial charge in [-0.2, -0.15) is 5.26 Å². The lowest BCUT2D eigenvalue weighted by Gasteiger charge is -2.39. The smallest absolute Gasteiger partial charge is 0.350 e. The molecule has 4 saturated heterocycles. The van der Waals surface area contributed by atoms with Gasteiger partial charge in [0.1, 0.15) is 18.2 Å². The SMILES string of the molecule is N#CC(CN1C2CCC1CC(OCc1ccccc1F)C2)Cn1nc2ccccn2c1=O.O=C(CN1C2CCC1CC(OCc1ccccc1F)C2)Cn1nc2ccccn2c1=O. The summed E-state index contributed by atoms with van der Waals surface area (Å²) in [6.07, 6.45) is 11.2. The third-order valence-corrected chi connectivity index (χ3v) is 13.2. The van der Waals surface area contributed by atoms with Crippen molar-refractivity contribution in [1.29, 1.82) is 5.26 Å². The van der Waals surface area contributed by atoms with Crippen molar-refractivity contribution in [2.45, 2.75) is 114 Å². The molecule has 8 heterocycles. The number of nitriles is 1. The van der Waals surface area contributed by atoms with Crippen molar-refractivity contribution in [3.8, 4) is 6.07 Å². The van der Waals surface area contributed by atoms with Crippen LogP contribution in [0, 0.1) is 28.9 Å². The number of halogens is 2. The summed E-state index contributed by atoms with van der Waals surface area (Å²) in [5.74, 6) is -0.813. The van der Waals surface area contributed by atoms with Crippen molar-refractivity contribution in [1.82, 2.24) is 38.2 Å². The topological polar surface area (TPSA) is 144 Å². The molecule has 6 aromatic rings. The number of hydrogen-bond donors (Lipinski definition) is 0. The van der Waals surface area contributed by atoms with Gasteiger partial charge in [-0.1, -0.05) is 48.5 Å². The first-order valence-electron chi connectivity index (χ1n) is 21.9. The summed E-state index contributed by atoms with van der Waals surface area (Å²) >= 11 is 0. The van der Waals surface area contributed by atoms with Crippen molar-refractivity contribution in [2.24, 2.45) is 5.92 Å². The number of pyridine rings is 2. The van der Waals surface area contributed by atoms with E-state index < -0.39 is 0 Å². The predicted molar refractivity (Wildman–Crippen MR) is 228 cm³/mol. The fourth-order valence-electron chi connectivity index (χ4n) is 10.1. The number of Topliss-reactive ketones (excluding diaryl/α,β-unsaturated/α-hetero) is 1. The van der Waals surface area contributed by atoms with Crippen LogP contribution in [0.3, 0.4) is 0 Å². The van der Waals surface area contributed by atoms with Crippen molar-refractivity contribution in [3.63, 3.8) is 0 Å². The Labute approximate surface area is 362 Å². The normalized spacial score (nSPS) is 23.7. The van der Waals surface area contributed by atoms with Crippen LogP contribution < -0.4 is 11.4 Å². The van der Waals surface area contributed by atoms with Crippen LogP contribution in [0.25, 0.3) is 11.3 Å². The van der Waals surface area contributed by atoms with Crippen LogP contribution in [0.2, 0.25) is 0 Å². The lowest BCUT2D eigenvalue weighted by atomic mass is 9.97. The van der Waals surface area contributed by atoms with Crippen molar-refractivity contribution in [3.05, 3.63) is 141 Å². The Balaban J connectivity index is 0.000000160. The summed E-state index contributed by atoms with van der Waals surface area (Å²) in [5.41, 5.74) is 1.77. The highest BCUT2D eigenvalue weighted by molar-refractivity contribution is 5.80. The molecule has 5 atom stereocenters. The second-order valence-corrected chi connectivity index (χ2v) is 17.3. The van der Waals surface area contributed by atoms with Gasteiger partial charge >= 0.3 is 11.4 Å². The number of aromatic nitrogens is 6. The zero-order valence-electron chi connectivity index (χ0n) is 35.0. The number of ether oxygens (including phenoxy) is 2. The van der Waals surface area contributed by atoms with E-state index in [4.69, 9.17) is 9.47 Å². The van der Waals surface area contributed by atoms with E-state index in [2.05, 4.69) is 26.1 Å². The highest BCUT2D eigenvalue weighted by atomic mass is 19.1. The minimum absolute atomic E-state index is 0.0202. The van der Waals surface area contributed by atoms with Gasteiger partial charge in [0.15, 0.2) is 17.1 Å². The second-order valence-electron chi connectivity index (χ2n) is 17.3. The Kier molecular flexibility index (Phi) is 12.7. The van der Waals surface area contributed by atoms with Gasteiger partial charge in [-0.3, -0.25) is 23.4 Å². The molecule has 0 radical (unpaired) electrons. The second kappa shape index (κ2) is 18.9. The third kappa shape index (κ3) is 9.42. The lowest BCUT2D eigenvalue weighted by Crippen LogP contribution is -2.48. The van der Waals surface area contributed by atoms with E-state index in [9.17, 15) is 28.4 Å². The Morgan fingerprint density at radius 1 is 0.635 bits per heavy atom. The molecule has 0 spiro atoms. The molecule has 16 heteroatoms. The van der Waals surface area contributed by atoms with Crippen molar-refractivity contribution < 1.29 is 23.0 Å². The van der Waals surface area contributed by atoms with Crippen LogP contribution in [-0.4, -0.2) is 93.4 Å². The van der Waals surface area contributed by atoms with Crippen LogP contribution in [0.4, 0.5) is 8.78 Å². The molecule has 5 unspecified atom stereocenters. The minimum atomic E-state index is -0.323. The maximum Gasteiger partial charge on any atom is 0.350 e. The average Bonchev–Trinajstić information content (AvgIpc) is 3.93. The van der Waals surface area contributed by atoms with Gasteiger partial charge in [-0.05, 0) is 87.8 Å². The molecule has 0 amide bonds. The molecule has 4 fully saturated rings. The molecule has 0 N–H and O–H groups in total. The summed E-state index contributed by atoms with van der Waals surface area (Å²) in [7, 11) is 0. The molecule has 63 heavy (non-hydrogen) atoms. The van der Waals surface area contributed by atoms with E-state index >= 15 is 0 Å². The van der Waals surface area contributed by atoms with Crippen LogP contribution in [0.15, 0.2) is 107 Å². The van der Waals surface area contributed by atoms with E-state index in [0.29, 0.717) is 47.6 Å². The molecule has 328 valence electrons. The number of carbonyl (C=O) groups excluding carboxylic acids is 1. The van der Waals surface area contributed by atoms with Gasteiger partial charge < -0.3 is 9.47 Å². The molecule has 2 aromatic carbocycles. The Morgan fingerprint density at radius 3 is 1.59 bits per heavy atom. The molecule has 0 aliphatic carbocycles. The number of nitrogens with zero attached hydrogens (tertiary/aromatic N) is 9. The van der Waals surface area contributed by atoms with Crippen LogP contribution in [0.1, 0.15) is 62.5 Å². The zero-order valence-corrected chi connectivity index (χ0v) is 35.0. The highest BCUT2D eigenvalue weighted by Crippen LogP contribution is 2.39. The lowest BCUT2D eigenvalue weighted by molar-refractivity contribution is -0.123. The van der Waals surface area contributed by atoms with Crippen molar-refractivity contribution >= 4 is 17.1 Å². The number of piperidine rings is 2. The van der Waals surface area contributed by atoms with E-state index in [1.165, 1.54) is 30.3 Å². The van der Waals surface area contributed by atoms with Gasteiger partial charge in [0.05, 0.1) is 50.5 Å². The third-order valence-electron chi connectivity index (χ3n) is 13.2. The molecule has 0 saturated carbocycles. The predicted octanol–water partition coefficient (Wildman–Crippen LogP) is 5.40. The Bertz CT molecular complexity index is 2700. The van der Waals surface area contributed by atoms with Gasteiger partial charge in [0.25, 0.3) is 0 Å². The fraction of sp³-hybridized carbons (Fsp3) is 0.447. The summed E-state index contributed by atoms with van der Waals surface area (Å²) in [6.45, 7) is 1.74. The summed E-state index contributed by atoms with van der Waals surface area (Å²) in [5, 5.41) is 18.4. The molecular weight excluding hydrogens is 809 g/mol. The summed E-state index contributed by atoms with van der Waals surface area (Å²) < 4.78 is 45.4. The Morgan fingerprint density at radius 2 is 1.10 bits per heavy atom. The number of hydrogen-bond acceptors (Lipinski definition) is 10. The van der Waals surface area contributed by atoms with E-state index in [-0.39, 0.29) is 85.3 Å². The first-order valence-corrected chi connectivity index (χ1v) is 21.9. The minimum Gasteiger partial charge on any atom is -0.373 e. The van der Waals surface area contributed by atoms with Gasteiger partial charge in [0, 0.05) is 54.2 Å². The maximum absolute atomic E-state index is 13.9. The van der Waals surface area contributed by atoms with Crippen LogP contribution in [0.5, 0.6) is 0 Å². The average molecular weight is 860 g/mol. The number of fused-ring (bicyclic) bond motifs is 6. The fourth-order valence-corrected chi connectivity index (χ4v) is 10.1. The Hall–Kier alpha value is -5.86. The van der Waals surface area contributed by atoms with E-state index in [1.54, 1.807) is 60.9 Å². The molecule has 4 aliphatic heterocycles.